The van der Waals surface area contributed by atoms with Crippen LogP contribution in [-0.4, -0.2) is 12.0 Å². The highest BCUT2D eigenvalue weighted by Crippen LogP contribution is 2.33. The van der Waals surface area contributed by atoms with Gasteiger partial charge < -0.3 is 0 Å². The van der Waals surface area contributed by atoms with Gasteiger partial charge in [-0.1, -0.05) is 30.3 Å². The van der Waals surface area contributed by atoms with Crippen molar-refractivity contribution in [1.82, 2.24) is 0 Å². The molecule has 0 spiro atoms. The number of alkyl halides is 3. The third-order valence-corrected chi connectivity index (χ3v) is 3.81. The van der Waals surface area contributed by atoms with Crippen molar-refractivity contribution in [2.75, 3.05) is 0 Å². The highest BCUT2D eigenvalue weighted by molar-refractivity contribution is 6.10. The van der Waals surface area contributed by atoms with E-state index in [9.17, 15) is 18.0 Å². The van der Waals surface area contributed by atoms with Crippen molar-refractivity contribution in [3.8, 4) is 0 Å². The molecule has 1 nitrogen and oxygen atoms in total. The van der Waals surface area contributed by atoms with Crippen molar-refractivity contribution in [1.29, 1.82) is 0 Å². The van der Waals surface area contributed by atoms with Gasteiger partial charge in [0.15, 0.2) is 5.78 Å². The van der Waals surface area contributed by atoms with Crippen molar-refractivity contribution < 1.29 is 18.0 Å². The summed E-state index contributed by atoms with van der Waals surface area (Å²) in [6.45, 7) is 0. The minimum atomic E-state index is -4.29. The summed E-state index contributed by atoms with van der Waals surface area (Å²) < 4.78 is 36.7. The van der Waals surface area contributed by atoms with Gasteiger partial charge in [0.1, 0.15) is 0 Å². The molecule has 0 saturated carbocycles. The number of benzene rings is 2. The molecule has 0 saturated heterocycles. The van der Waals surface area contributed by atoms with Gasteiger partial charge in [0.25, 0.3) is 0 Å². The number of carbonyl (C=O) groups excluding carboxylic acids is 1. The van der Waals surface area contributed by atoms with Gasteiger partial charge >= 0.3 is 6.18 Å². The first-order chi connectivity index (χ1) is 9.46. The summed E-state index contributed by atoms with van der Waals surface area (Å²) in [7, 11) is 0. The van der Waals surface area contributed by atoms with E-state index in [1.54, 1.807) is 6.07 Å². The maximum atomic E-state index is 12.2. The summed E-state index contributed by atoms with van der Waals surface area (Å²) in [5, 5.41) is 1.86. The molecule has 0 aromatic heterocycles. The largest absolute Gasteiger partial charge is 0.389 e. The van der Waals surface area contributed by atoms with Crippen LogP contribution in [0.15, 0.2) is 30.3 Å². The van der Waals surface area contributed by atoms with Crippen LogP contribution in [0, 0.1) is 0 Å². The molecule has 2 aromatic rings. The highest BCUT2D eigenvalue weighted by Gasteiger charge is 2.28. The van der Waals surface area contributed by atoms with Gasteiger partial charge in [0.2, 0.25) is 0 Å². The Morgan fingerprint density at radius 2 is 1.75 bits per heavy atom. The average Bonchev–Trinajstić information content (AvgIpc) is 2.81. The molecule has 0 heterocycles. The second-order valence-corrected chi connectivity index (χ2v) is 5.15. The molecule has 0 unspecified atom stereocenters. The fraction of sp³-hybridized carbons (Fsp3) is 0.312. The van der Waals surface area contributed by atoms with E-state index < -0.39 is 24.8 Å². The molecule has 0 atom stereocenters. The maximum absolute atomic E-state index is 12.2. The first-order valence-electron chi connectivity index (χ1n) is 6.59. The normalized spacial score (nSPS) is 13.9. The Balaban J connectivity index is 1.99. The number of Topliss-reactive ketones (excluding diaryl/α,β-unsaturated/α-hetero) is 1. The zero-order chi connectivity index (χ0) is 14.3. The molecule has 104 valence electrons. The van der Waals surface area contributed by atoms with Gasteiger partial charge in [-0.15, -0.1) is 0 Å². The Morgan fingerprint density at radius 1 is 1.05 bits per heavy atom. The molecular formula is C16H13F3O. The van der Waals surface area contributed by atoms with E-state index >= 15 is 0 Å². The molecule has 0 fully saturated rings. The molecule has 0 amide bonds. The van der Waals surface area contributed by atoms with Crippen molar-refractivity contribution in [3.05, 3.63) is 47.0 Å². The lowest BCUT2D eigenvalue weighted by Gasteiger charge is -2.09. The lowest BCUT2D eigenvalue weighted by atomic mass is 9.96. The number of aryl methyl sites for hydroxylation is 2. The first kappa shape index (κ1) is 13.2. The van der Waals surface area contributed by atoms with E-state index in [4.69, 9.17) is 0 Å². The van der Waals surface area contributed by atoms with Crippen LogP contribution in [0.2, 0.25) is 0 Å². The van der Waals surface area contributed by atoms with Gasteiger partial charge in [-0.3, -0.25) is 4.79 Å². The molecule has 0 bridgehead atoms. The Morgan fingerprint density at radius 3 is 2.45 bits per heavy atom. The van der Waals surface area contributed by atoms with Crippen LogP contribution in [0.1, 0.15) is 34.3 Å². The van der Waals surface area contributed by atoms with E-state index in [0.717, 1.165) is 23.6 Å². The standard InChI is InChI=1S/C16H13F3O/c17-16(18,19)9-8-14(20)12-7-6-11-5-4-10-2-1-3-13(12)15(10)11/h1-3,6-7H,4-5,8-9H2. The Kier molecular flexibility index (Phi) is 3.04. The van der Waals surface area contributed by atoms with E-state index in [-0.39, 0.29) is 0 Å². The molecule has 2 aromatic carbocycles. The second-order valence-electron chi connectivity index (χ2n) is 5.15. The monoisotopic (exact) mass is 278 g/mol. The Bertz CT molecular complexity index is 676. The Hall–Kier alpha value is -1.84. The lowest BCUT2D eigenvalue weighted by Crippen LogP contribution is -2.11. The van der Waals surface area contributed by atoms with Crippen molar-refractivity contribution in [2.45, 2.75) is 31.9 Å². The Labute approximate surface area is 114 Å². The SMILES string of the molecule is O=C(CCC(F)(F)F)c1ccc2c3c(cccc13)CC2. The van der Waals surface area contributed by atoms with Crippen LogP contribution in [0.25, 0.3) is 10.8 Å². The lowest BCUT2D eigenvalue weighted by molar-refractivity contribution is -0.133. The summed E-state index contributed by atoms with van der Waals surface area (Å²) in [5.74, 6) is -0.432. The number of halogens is 3. The number of hydrogen-bond donors (Lipinski definition) is 0. The second kappa shape index (κ2) is 4.62. The van der Waals surface area contributed by atoms with Crippen LogP contribution >= 0.6 is 0 Å². The molecular weight excluding hydrogens is 265 g/mol. The predicted molar refractivity (Wildman–Crippen MR) is 71.0 cm³/mol. The summed E-state index contributed by atoms with van der Waals surface area (Å²) in [4.78, 5) is 12.0. The molecule has 1 aliphatic carbocycles. The molecule has 1 aliphatic rings. The van der Waals surface area contributed by atoms with Crippen LogP contribution in [0.3, 0.4) is 0 Å². The average molecular weight is 278 g/mol. The third kappa shape index (κ3) is 2.30. The quantitative estimate of drug-likeness (QED) is 0.757. The van der Waals surface area contributed by atoms with Gasteiger partial charge in [-0.25, -0.2) is 0 Å². The molecule has 20 heavy (non-hydrogen) atoms. The summed E-state index contributed by atoms with van der Waals surface area (Å²) in [6.07, 6.45) is -3.96. The summed E-state index contributed by atoms with van der Waals surface area (Å²) in [5.41, 5.74) is 2.78. The van der Waals surface area contributed by atoms with Gasteiger partial charge in [-0.2, -0.15) is 13.2 Å². The highest BCUT2D eigenvalue weighted by atomic mass is 19.4. The third-order valence-electron chi connectivity index (χ3n) is 3.81. The zero-order valence-electron chi connectivity index (χ0n) is 10.8. The number of ketones is 1. The number of hydrogen-bond acceptors (Lipinski definition) is 1. The number of carbonyl (C=O) groups is 1. The van der Waals surface area contributed by atoms with Gasteiger partial charge in [0, 0.05) is 12.0 Å². The molecule has 4 heteroatoms. The topological polar surface area (TPSA) is 17.1 Å². The van der Waals surface area contributed by atoms with Crippen LogP contribution in [0.5, 0.6) is 0 Å². The number of rotatable bonds is 3. The summed E-state index contributed by atoms with van der Waals surface area (Å²) >= 11 is 0. The minimum absolute atomic E-state index is 0.414. The van der Waals surface area contributed by atoms with E-state index in [0.29, 0.717) is 5.56 Å². The molecule has 0 N–H and O–H groups in total. The van der Waals surface area contributed by atoms with Gasteiger partial charge in [0.05, 0.1) is 6.42 Å². The minimum Gasteiger partial charge on any atom is -0.294 e. The predicted octanol–water partition coefficient (Wildman–Crippen LogP) is 4.46. The molecule has 3 rings (SSSR count). The maximum Gasteiger partial charge on any atom is 0.389 e. The van der Waals surface area contributed by atoms with Gasteiger partial charge in [-0.05, 0) is 34.7 Å². The van der Waals surface area contributed by atoms with Crippen molar-refractivity contribution in [3.63, 3.8) is 0 Å². The summed E-state index contributed by atoms with van der Waals surface area (Å²) in [6, 6.07) is 9.26. The van der Waals surface area contributed by atoms with Crippen molar-refractivity contribution >= 4 is 16.6 Å². The molecule has 0 radical (unpaired) electrons. The van der Waals surface area contributed by atoms with E-state index in [2.05, 4.69) is 0 Å². The van der Waals surface area contributed by atoms with Crippen LogP contribution in [0.4, 0.5) is 13.2 Å². The first-order valence-corrected chi connectivity index (χ1v) is 6.59. The van der Waals surface area contributed by atoms with Crippen LogP contribution in [-0.2, 0) is 12.8 Å². The van der Waals surface area contributed by atoms with Crippen molar-refractivity contribution in [2.24, 2.45) is 0 Å². The van der Waals surface area contributed by atoms with E-state index in [1.807, 2.05) is 24.3 Å². The fourth-order valence-corrected chi connectivity index (χ4v) is 2.88. The van der Waals surface area contributed by atoms with Crippen LogP contribution < -0.4 is 0 Å². The van der Waals surface area contributed by atoms with E-state index in [1.165, 1.54) is 11.1 Å². The fourth-order valence-electron chi connectivity index (χ4n) is 2.88. The smallest absolute Gasteiger partial charge is 0.294 e. The zero-order valence-corrected chi connectivity index (χ0v) is 10.8. The molecule has 0 aliphatic heterocycles.